The van der Waals surface area contributed by atoms with Crippen LogP contribution in [0.2, 0.25) is 5.02 Å². The van der Waals surface area contributed by atoms with E-state index in [1.807, 2.05) is 47.0 Å². The molecule has 0 radical (unpaired) electrons. The monoisotopic (exact) mass is 496 g/mol. The van der Waals surface area contributed by atoms with E-state index in [-0.39, 0.29) is 24.0 Å². The van der Waals surface area contributed by atoms with E-state index in [0.717, 1.165) is 35.4 Å². The van der Waals surface area contributed by atoms with Crippen LogP contribution in [-0.2, 0) is 6.54 Å². The maximum Gasteiger partial charge on any atom is 0.191 e. The first-order chi connectivity index (χ1) is 12.7. The average molecular weight is 497 g/mol. The molecule has 142 valence electrons. The van der Waals surface area contributed by atoms with Crippen molar-refractivity contribution < 1.29 is 0 Å². The molecule has 4 rings (SSSR count). The second kappa shape index (κ2) is 8.88. The quantitative estimate of drug-likeness (QED) is 0.322. The predicted molar refractivity (Wildman–Crippen MR) is 119 cm³/mol. The van der Waals surface area contributed by atoms with Crippen molar-refractivity contribution in [2.75, 3.05) is 6.54 Å². The maximum atomic E-state index is 6.10. The fourth-order valence-electron chi connectivity index (χ4n) is 3.10. The highest BCUT2D eigenvalue weighted by Gasteiger charge is 2.39. The summed E-state index contributed by atoms with van der Waals surface area (Å²) in [5.41, 5.74) is 2.10. The number of aromatic nitrogens is 3. The third-order valence-electron chi connectivity index (χ3n) is 4.50. The van der Waals surface area contributed by atoms with E-state index in [1.54, 1.807) is 0 Å². The number of nitrogens with one attached hydrogen (secondary N) is 2. The topological polar surface area (TPSA) is 66.6 Å². The number of aliphatic imine (C=N–C) groups is 1. The molecule has 1 fully saturated rings. The Morgan fingerprint density at radius 1 is 1.26 bits per heavy atom. The summed E-state index contributed by atoms with van der Waals surface area (Å²) in [6.45, 7) is 3.33. The molecule has 2 atom stereocenters. The number of guanidine groups is 1. The first kappa shape index (κ1) is 19.9. The van der Waals surface area contributed by atoms with E-state index in [9.17, 15) is 0 Å². The summed E-state index contributed by atoms with van der Waals surface area (Å²) >= 11 is 6.10. The van der Waals surface area contributed by atoms with Crippen LogP contribution in [0.25, 0.3) is 5.65 Å². The fraction of sp³-hybridized carbons (Fsp3) is 0.316. The van der Waals surface area contributed by atoms with Gasteiger partial charge in [0.15, 0.2) is 17.4 Å². The van der Waals surface area contributed by atoms with E-state index in [2.05, 4.69) is 38.8 Å². The van der Waals surface area contributed by atoms with Crippen molar-refractivity contribution in [2.45, 2.75) is 31.8 Å². The summed E-state index contributed by atoms with van der Waals surface area (Å²) < 4.78 is 1.96. The van der Waals surface area contributed by atoms with Crippen molar-refractivity contribution in [2.24, 2.45) is 4.99 Å². The number of benzene rings is 1. The number of fused-ring (bicyclic) bond motifs is 1. The standard InChI is InChI=1S/C19H21ClN6.HI/c1-2-21-19(22-12-18-25-24-17-8-3-4-9-26(17)18)23-16-11-15(16)13-6-5-7-14(20)10-13;/h3-10,15-16H,2,11-12H2,1H3,(H2,21,22,23);1H. The van der Waals surface area contributed by atoms with Gasteiger partial charge in [0, 0.05) is 29.7 Å². The summed E-state index contributed by atoms with van der Waals surface area (Å²) in [5, 5.41) is 16.0. The first-order valence-corrected chi connectivity index (χ1v) is 9.21. The number of hydrogen-bond donors (Lipinski definition) is 2. The van der Waals surface area contributed by atoms with Gasteiger partial charge in [-0.15, -0.1) is 34.2 Å². The zero-order valence-corrected chi connectivity index (χ0v) is 18.1. The number of rotatable bonds is 5. The molecule has 2 unspecified atom stereocenters. The lowest BCUT2D eigenvalue weighted by Gasteiger charge is -2.11. The molecule has 0 spiro atoms. The van der Waals surface area contributed by atoms with Gasteiger partial charge in [-0.2, -0.15) is 0 Å². The molecule has 0 amide bonds. The summed E-state index contributed by atoms with van der Waals surface area (Å²) in [4.78, 5) is 4.68. The van der Waals surface area contributed by atoms with Gasteiger partial charge in [-0.25, -0.2) is 4.99 Å². The lowest BCUT2D eigenvalue weighted by atomic mass is 10.1. The molecule has 2 heterocycles. The number of halogens is 2. The third kappa shape index (κ3) is 4.70. The molecule has 8 heteroatoms. The van der Waals surface area contributed by atoms with Crippen LogP contribution in [0.4, 0.5) is 0 Å². The van der Waals surface area contributed by atoms with Crippen molar-refractivity contribution in [1.82, 2.24) is 25.2 Å². The molecule has 0 bridgehead atoms. The molecule has 2 aromatic heterocycles. The highest BCUT2D eigenvalue weighted by Crippen LogP contribution is 2.41. The van der Waals surface area contributed by atoms with Crippen LogP contribution in [-0.4, -0.2) is 33.1 Å². The van der Waals surface area contributed by atoms with Crippen LogP contribution < -0.4 is 10.6 Å². The zero-order valence-electron chi connectivity index (χ0n) is 15.0. The van der Waals surface area contributed by atoms with Crippen molar-refractivity contribution >= 4 is 47.2 Å². The Morgan fingerprint density at radius 2 is 2.15 bits per heavy atom. The lowest BCUT2D eigenvalue weighted by Crippen LogP contribution is -2.39. The van der Waals surface area contributed by atoms with E-state index >= 15 is 0 Å². The second-order valence-corrected chi connectivity index (χ2v) is 6.82. The summed E-state index contributed by atoms with van der Waals surface area (Å²) in [5.74, 6) is 2.10. The summed E-state index contributed by atoms with van der Waals surface area (Å²) in [6, 6.07) is 14.3. The Hall–Kier alpha value is -1.87. The van der Waals surface area contributed by atoms with Gasteiger partial charge in [0.25, 0.3) is 0 Å². The van der Waals surface area contributed by atoms with Crippen molar-refractivity contribution in [3.63, 3.8) is 0 Å². The molecule has 1 aliphatic rings. The molecular formula is C19H22ClIN6. The number of pyridine rings is 1. The Balaban J connectivity index is 0.00000210. The molecule has 1 aromatic carbocycles. The minimum Gasteiger partial charge on any atom is -0.357 e. The lowest BCUT2D eigenvalue weighted by molar-refractivity contribution is 0.783. The highest BCUT2D eigenvalue weighted by molar-refractivity contribution is 14.0. The number of hydrogen-bond acceptors (Lipinski definition) is 3. The summed E-state index contributed by atoms with van der Waals surface area (Å²) in [7, 11) is 0. The maximum absolute atomic E-state index is 6.10. The molecule has 0 saturated heterocycles. The predicted octanol–water partition coefficient (Wildman–Crippen LogP) is 3.61. The van der Waals surface area contributed by atoms with E-state index in [0.29, 0.717) is 18.5 Å². The Kier molecular flexibility index (Phi) is 6.54. The van der Waals surface area contributed by atoms with Gasteiger partial charge >= 0.3 is 0 Å². The Morgan fingerprint density at radius 3 is 2.96 bits per heavy atom. The minimum atomic E-state index is 0. The van der Waals surface area contributed by atoms with Crippen molar-refractivity contribution in [3.8, 4) is 0 Å². The first-order valence-electron chi connectivity index (χ1n) is 8.83. The Bertz CT molecular complexity index is 941. The van der Waals surface area contributed by atoms with Crippen molar-refractivity contribution in [3.05, 3.63) is 65.1 Å². The zero-order chi connectivity index (χ0) is 17.9. The van der Waals surface area contributed by atoms with Gasteiger partial charge in [0.2, 0.25) is 0 Å². The molecule has 0 aliphatic heterocycles. The Labute approximate surface area is 180 Å². The summed E-state index contributed by atoms with van der Waals surface area (Å²) in [6.07, 6.45) is 3.04. The van der Waals surface area contributed by atoms with Crippen LogP contribution in [0.15, 0.2) is 53.7 Å². The fourth-order valence-corrected chi connectivity index (χ4v) is 3.30. The molecule has 2 N–H and O–H groups in total. The van der Waals surface area contributed by atoms with E-state index in [4.69, 9.17) is 11.6 Å². The van der Waals surface area contributed by atoms with Gasteiger partial charge in [-0.05, 0) is 43.2 Å². The van der Waals surface area contributed by atoms with Gasteiger partial charge in [-0.3, -0.25) is 4.40 Å². The third-order valence-corrected chi connectivity index (χ3v) is 4.73. The normalized spacial score (nSPS) is 18.8. The minimum absolute atomic E-state index is 0. The van der Waals surface area contributed by atoms with Crippen LogP contribution in [0.1, 0.15) is 30.7 Å². The molecular weight excluding hydrogens is 475 g/mol. The molecule has 1 aliphatic carbocycles. The highest BCUT2D eigenvalue weighted by atomic mass is 127. The largest absolute Gasteiger partial charge is 0.357 e. The molecule has 1 saturated carbocycles. The van der Waals surface area contributed by atoms with Crippen LogP contribution in [0, 0.1) is 0 Å². The van der Waals surface area contributed by atoms with Crippen molar-refractivity contribution in [1.29, 1.82) is 0 Å². The second-order valence-electron chi connectivity index (χ2n) is 6.39. The van der Waals surface area contributed by atoms with Crippen LogP contribution >= 0.6 is 35.6 Å². The van der Waals surface area contributed by atoms with Gasteiger partial charge in [-0.1, -0.05) is 29.8 Å². The van der Waals surface area contributed by atoms with Gasteiger partial charge < -0.3 is 10.6 Å². The SMILES string of the molecule is CCNC(=NCc1nnc2ccccn12)NC1CC1c1cccc(Cl)c1.I. The van der Waals surface area contributed by atoms with Crippen LogP contribution in [0.5, 0.6) is 0 Å². The molecule has 6 nitrogen and oxygen atoms in total. The van der Waals surface area contributed by atoms with Crippen LogP contribution in [0.3, 0.4) is 0 Å². The van der Waals surface area contributed by atoms with Gasteiger partial charge in [0.1, 0.15) is 6.54 Å². The van der Waals surface area contributed by atoms with E-state index < -0.39 is 0 Å². The molecule has 27 heavy (non-hydrogen) atoms. The molecule has 3 aromatic rings. The number of nitrogens with zero attached hydrogens (tertiary/aromatic N) is 4. The smallest absolute Gasteiger partial charge is 0.191 e. The van der Waals surface area contributed by atoms with Gasteiger partial charge in [0.05, 0.1) is 0 Å². The van der Waals surface area contributed by atoms with E-state index in [1.165, 1.54) is 5.56 Å². The average Bonchev–Trinajstić information content (AvgIpc) is 3.30.